The zero-order valence-electron chi connectivity index (χ0n) is 36.2. The summed E-state index contributed by atoms with van der Waals surface area (Å²) in [5, 5.41) is 33.8. The summed E-state index contributed by atoms with van der Waals surface area (Å²) in [4.78, 5) is 51.6. The van der Waals surface area contributed by atoms with E-state index in [1.54, 1.807) is 30.3 Å². The van der Waals surface area contributed by atoms with Gasteiger partial charge in [-0.1, -0.05) is 51.5 Å². The van der Waals surface area contributed by atoms with Crippen LogP contribution in [0.2, 0.25) is 0 Å². The number of aromatic nitrogens is 4. The molecule has 0 amide bonds. The van der Waals surface area contributed by atoms with Gasteiger partial charge in [0.15, 0.2) is 29.9 Å². The summed E-state index contributed by atoms with van der Waals surface area (Å²) >= 11 is 0. The minimum atomic E-state index is -4.74. The second-order valence-electron chi connectivity index (χ2n) is 14.4. The van der Waals surface area contributed by atoms with Crippen LogP contribution in [-0.2, 0) is 44.1 Å². The predicted octanol–water partition coefficient (Wildman–Crippen LogP) is 6.23. The van der Waals surface area contributed by atoms with Gasteiger partial charge in [0.2, 0.25) is 11.6 Å². The largest absolute Gasteiger partial charge is 0.510 e. The molecular formula is C40H53N7O17S. The van der Waals surface area contributed by atoms with Crippen molar-refractivity contribution in [2.24, 2.45) is 0 Å². The molecule has 4 aromatic rings. The van der Waals surface area contributed by atoms with Crippen LogP contribution < -0.4 is 18.5 Å². The highest BCUT2D eigenvalue weighted by Crippen LogP contribution is 2.43. The summed E-state index contributed by atoms with van der Waals surface area (Å²) in [6, 6.07) is 14.0. The van der Waals surface area contributed by atoms with E-state index in [9.17, 15) is 18.0 Å². The molecule has 24 nitrogen and oxygen atoms in total. The highest BCUT2D eigenvalue weighted by molar-refractivity contribution is 7.92. The number of rotatable bonds is 27. The van der Waals surface area contributed by atoms with Crippen molar-refractivity contribution in [1.82, 2.24) is 30.7 Å². The normalized spacial score (nSPS) is 11.6. The second kappa shape index (κ2) is 26.1. The van der Waals surface area contributed by atoms with Crippen molar-refractivity contribution in [2.45, 2.75) is 69.6 Å². The summed E-state index contributed by atoms with van der Waals surface area (Å²) in [7, 11) is -3.35. The molecule has 2 aromatic heterocycles. The first-order chi connectivity index (χ1) is 31.1. The van der Waals surface area contributed by atoms with Crippen LogP contribution >= 0.6 is 0 Å². The summed E-state index contributed by atoms with van der Waals surface area (Å²) in [6.07, 6.45) is 3.37. The van der Waals surface area contributed by atoms with Crippen LogP contribution in [0.3, 0.4) is 0 Å². The van der Waals surface area contributed by atoms with E-state index >= 15 is 0 Å². The van der Waals surface area contributed by atoms with E-state index in [0.717, 1.165) is 5.56 Å². The first-order valence-corrected chi connectivity index (χ1v) is 21.5. The minimum absolute atomic E-state index is 0.0429. The molecule has 0 fully saturated rings. The smallest absolute Gasteiger partial charge is 0.493 e. The molecule has 356 valence electrons. The lowest BCUT2D eigenvalue weighted by molar-refractivity contribution is -0.492. The molecule has 0 aliphatic heterocycles. The molecule has 0 saturated heterocycles. The van der Waals surface area contributed by atoms with E-state index in [0.29, 0.717) is 30.0 Å². The van der Waals surface area contributed by atoms with Crippen molar-refractivity contribution in [3.05, 3.63) is 72.6 Å². The van der Waals surface area contributed by atoms with E-state index in [-0.39, 0.29) is 97.2 Å². The van der Waals surface area contributed by atoms with Gasteiger partial charge in [0.1, 0.15) is 13.2 Å². The minimum Gasteiger partial charge on any atom is -0.493 e. The number of methoxy groups -OCH3 is 1. The molecular weight excluding hydrogens is 883 g/mol. The third-order valence-corrected chi connectivity index (χ3v) is 10.4. The number of ether oxygens (including phenoxy) is 7. The van der Waals surface area contributed by atoms with Gasteiger partial charge in [0.05, 0.1) is 49.2 Å². The quantitative estimate of drug-likeness (QED) is 0.0223. The Kier molecular flexibility index (Phi) is 20.7. The lowest BCUT2D eigenvalue weighted by Gasteiger charge is -2.26. The van der Waals surface area contributed by atoms with E-state index in [4.69, 9.17) is 54.0 Å². The van der Waals surface area contributed by atoms with Crippen molar-refractivity contribution in [2.75, 3.05) is 57.8 Å². The van der Waals surface area contributed by atoms with Gasteiger partial charge in [-0.15, -0.1) is 0 Å². The van der Waals surface area contributed by atoms with Gasteiger partial charge in [-0.25, -0.2) is 37.3 Å². The molecule has 0 aliphatic carbocycles. The zero-order valence-corrected chi connectivity index (χ0v) is 37.0. The molecule has 0 spiro atoms. The molecule has 65 heavy (non-hydrogen) atoms. The summed E-state index contributed by atoms with van der Waals surface area (Å²) in [5.41, 5.74) is 0.493. The fourth-order valence-electron chi connectivity index (χ4n) is 5.42. The van der Waals surface area contributed by atoms with Crippen LogP contribution in [0.5, 0.6) is 23.1 Å². The average Bonchev–Trinajstić information content (AvgIpc) is 3.27. The van der Waals surface area contributed by atoms with Crippen molar-refractivity contribution in [1.29, 1.82) is 0 Å². The van der Waals surface area contributed by atoms with Gasteiger partial charge < -0.3 is 33.2 Å². The van der Waals surface area contributed by atoms with E-state index in [1.807, 2.05) is 20.8 Å². The highest BCUT2D eigenvalue weighted by atomic mass is 32.2. The number of carbonyl (C=O) groups excluding carboxylic acids is 2. The van der Waals surface area contributed by atoms with Gasteiger partial charge in [0, 0.05) is 12.4 Å². The van der Waals surface area contributed by atoms with Crippen LogP contribution in [0.25, 0.3) is 11.6 Å². The molecule has 0 radical (unpaired) electrons. The monoisotopic (exact) mass is 935 g/mol. The molecule has 0 bridgehead atoms. The summed E-state index contributed by atoms with van der Waals surface area (Å²) in [6.45, 7) is 3.92. The maximum atomic E-state index is 14.8. The Morgan fingerprint density at radius 2 is 1.20 bits per heavy atom. The van der Waals surface area contributed by atoms with Crippen molar-refractivity contribution < 1.29 is 81.7 Å². The number of unbranched alkanes of at least 4 members (excludes halogenated alkanes) is 4. The molecule has 25 heteroatoms. The molecule has 4 rings (SSSR count). The number of para-hydroxylation sites is 2. The Labute approximate surface area is 374 Å². The lowest BCUT2D eigenvalue weighted by Crippen LogP contribution is -2.36. The Morgan fingerprint density at radius 1 is 0.646 bits per heavy atom. The Balaban J connectivity index is 1.71. The molecule has 0 atom stereocenters. The van der Waals surface area contributed by atoms with Crippen molar-refractivity contribution in [3.63, 3.8) is 0 Å². The number of sulfonamides is 1. The standard InChI is InChI=1S/C40H53N7O17S/c1-40(2,3)29-16-18-30(19-17-29)65(54,55)45(28-61-39(49)59-23-11-12-25-63-47(52)53)36-33(64-32-15-8-7-14-31(32)56-4)37(44-35(43-36)34-41-20-13-21-42-34)57-26-27-60-38(48)58-22-9-5-6-10-24-62-46(50)51/h7-8,13-21,50-53H,5-6,9-12,22-28H2,1-4H3. The number of benzene rings is 2. The van der Waals surface area contributed by atoms with Gasteiger partial charge in [-0.2, -0.15) is 4.98 Å². The van der Waals surface area contributed by atoms with Crippen LogP contribution in [-0.4, -0.2) is 126 Å². The number of anilines is 1. The van der Waals surface area contributed by atoms with Crippen LogP contribution in [0.4, 0.5) is 15.4 Å². The first-order valence-electron chi connectivity index (χ1n) is 20.1. The second-order valence-corrected chi connectivity index (χ2v) is 16.3. The molecule has 0 unspecified atom stereocenters. The van der Waals surface area contributed by atoms with E-state index in [2.05, 4.69) is 29.6 Å². The van der Waals surface area contributed by atoms with Gasteiger partial charge in [-0.3, -0.25) is 30.5 Å². The number of nitrogens with zero attached hydrogens (tertiary/aromatic N) is 7. The van der Waals surface area contributed by atoms with Gasteiger partial charge >= 0.3 is 12.3 Å². The molecule has 0 saturated carbocycles. The number of hydrogen-bond acceptors (Lipinski definition) is 23. The fourth-order valence-corrected chi connectivity index (χ4v) is 6.70. The maximum absolute atomic E-state index is 14.8. The molecule has 2 heterocycles. The average molecular weight is 936 g/mol. The van der Waals surface area contributed by atoms with Crippen molar-refractivity contribution >= 4 is 28.2 Å². The van der Waals surface area contributed by atoms with Gasteiger partial charge in [-0.05, 0) is 73.4 Å². The Bertz CT molecular complexity index is 2180. The SMILES string of the molecule is COc1ccccc1Oc1c(OCCOC(=O)OCCCCCCON(O)O)nc(-c2ncccn2)nc1N(COC(=O)OCCCCON(O)O)S(=O)(=O)c1ccc(C(C)(C)C)cc1. The van der Waals surface area contributed by atoms with Gasteiger partial charge in [0.25, 0.3) is 15.9 Å². The Hall–Kier alpha value is -6.03. The lowest BCUT2D eigenvalue weighted by atomic mass is 9.87. The Morgan fingerprint density at radius 3 is 1.80 bits per heavy atom. The molecule has 0 aliphatic rings. The topological polar surface area (TPSA) is 294 Å². The van der Waals surface area contributed by atoms with Crippen LogP contribution in [0, 0.1) is 0 Å². The van der Waals surface area contributed by atoms with Crippen LogP contribution in [0.1, 0.15) is 64.9 Å². The molecule has 4 N–H and O–H groups in total. The van der Waals surface area contributed by atoms with Crippen LogP contribution in [0.15, 0.2) is 71.9 Å². The first kappa shape index (κ1) is 51.6. The fraction of sp³-hybridized carbons (Fsp3) is 0.450. The zero-order chi connectivity index (χ0) is 47.2. The highest BCUT2D eigenvalue weighted by Gasteiger charge is 2.35. The summed E-state index contributed by atoms with van der Waals surface area (Å²) in [5.74, 6) is -1.36. The van der Waals surface area contributed by atoms with E-state index < -0.39 is 46.0 Å². The predicted molar refractivity (Wildman–Crippen MR) is 221 cm³/mol. The third-order valence-electron chi connectivity index (χ3n) is 8.68. The number of carbonyl (C=O) groups is 2. The number of hydrogen-bond donors (Lipinski definition) is 4. The third kappa shape index (κ3) is 17.1. The van der Waals surface area contributed by atoms with E-state index in [1.165, 1.54) is 43.8 Å². The summed E-state index contributed by atoms with van der Waals surface area (Å²) < 4.78 is 69.0. The molecule has 2 aromatic carbocycles. The van der Waals surface area contributed by atoms with Crippen molar-refractivity contribution in [3.8, 4) is 34.8 Å². The maximum Gasteiger partial charge on any atom is 0.510 e.